The van der Waals surface area contributed by atoms with Gasteiger partial charge in [-0.15, -0.1) is 0 Å². The van der Waals surface area contributed by atoms with Gasteiger partial charge in [0.2, 0.25) is 5.91 Å². The molecule has 0 aromatic carbocycles. The molecule has 3 rings (SSSR count). The van der Waals surface area contributed by atoms with E-state index in [2.05, 4.69) is 29.4 Å². The van der Waals surface area contributed by atoms with Crippen molar-refractivity contribution in [1.29, 1.82) is 0 Å². The smallest absolute Gasteiger partial charge is 0.325 e. The van der Waals surface area contributed by atoms with Crippen molar-refractivity contribution in [1.82, 2.24) is 20.4 Å². The molecule has 1 saturated carbocycles. The highest BCUT2D eigenvalue weighted by molar-refractivity contribution is 6.09. The highest BCUT2D eigenvalue weighted by Gasteiger charge is 2.55. The van der Waals surface area contributed by atoms with E-state index in [0.717, 1.165) is 37.3 Å². The molecule has 7 heteroatoms. The summed E-state index contributed by atoms with van der Waals surface area (Å²) in [6, 6.07) is -0.431. The van der Waals surface area contributed by atoms with Crippen LogP contribution in [0.4, 0.5) is 4.79 Å². The number of urea groups is 1. The molecule has 2 saturated heterocycles. The zero-order chi connectivity index (χ0) is 19.7. The van der Waals surface area contributed by atoms with Gasteiger partial charge in [0.1, 0.15) is 12.1 Å². The van der Waals surface area contributed by atoms with Gasteiger partial charge in [-0.05, 0) is 58.5 Å². The summed E-state index contributed by atoms with van der Waals surface area (Å²) in [6.07, 6.45) is 7.26. The van der Waals surface area contributed by atoms with Crippen LogP contribution in [0, 0.1) is 5.92 Å². The van der Waals surface area contributed by atoms with Gasteiger partial charge in [-0.25, -0.2) is 4.79 Å². The maximum Gasteiger partial charge on any atom is 0.325 e. The van der Waals surface area contributed by atoms with Gasteiger partial charge in [0.25, 0.3) is 5.91 Å². The van der Waals surface area contributed by atoms with E-state index in [9.17, 15) is 14.4 Å². The van der Waals surface area contributed by atoms with Gasteiger partial charge in [0.05, 0.1) is 0 Å². The first-order valence-corrected chi connectivity index (χ1v) is 10.4. The van der Waals surface area contributed by atoms with E-state index in [1.165, 1.54) is 19.3 Å². The predicted octanol–water partition coefficient (Wildman–Crippen LogP) is 1.87. The number of nitrogens with zero attached hydrogens (tertiary/aromatic N) is 2. The fourth-order valence-corrected chi connectivity index (χ4v) is 4.76. The number of amides is 4. The van der Waals surface area contributed by atoms with E-state index in [1.54, 1.807) is 0 Å². The van der Waals surface area contributed by atoms with Gasteiger partial charge in [-0.1, -0.05) is 26.2 Å². The first-order valence-electron chi connectivity index (χ1n) is 10.4. The molecule has 3 fully saturated rings. The van der Waals surface area contributed by atoms with Crippen LogP contribution in [0.1, 0.15) is 65.7 Å². The van der Waals surface area contributed by atoms with E-state index in [1.807, 2.05) is 6.92 Å². The highest BCUT2D eigenvalue weighted by atomic mass is 16.2. The topological polar surface area (TPSA) is 81.8 Å². The third-order valence-electron chi connectivity index (χ3n) is 6.73. The Hall–Kier alpha value is -1.63. The van der Waals surface area contributed by atoms with Crippen LogP contribution in [0.2, 0.25) is 0 Å². The molecule has 152 valence electrons. The van der Waals surface area contributed by atoms with Crippen molar-refractivity contribution in [3.05, 3.63) is 0 Å². The summed E-state index contributed by atoms with van der Waals surface area (Å²) in [6.45, 7) is 8.69. The molecule has 2 unspecified atom stereocenters. The van der Waals surface area contributed by atoms with Crippen LogP contribution in [-0.2, 0) is 9.59 Å². The third-order valence-corrected chi connectivity index (χ3v) is 6.73. The molecule has 3 aliphatic rings. The average molecular weight is 379 g/mol. The fourth-order valence-electron chi connectivity index (χ4n) is 4.76. The summed E-state index contributed by atoms with van der Waals surface area (Å²) in [5.74, 6) is -0.400. The Morgan fingerprint density at radius 1 is 1.19 bits per heavy atom. The van der Waals surface area contributed by atoms with Crippen molar-refractivity contribution in [2.24, 2.45) is 5.92 Å². The zero-order valence-electron chi connectivity index (χ0n) is 17.0. The number of piperidine rings is 1. The molecule has 2 heterocycles. The third kappa shape index (κ3) is 3.98. The molecule has 4 amide bonds. The minimum Gasteiger partial charge on any atom is -0.353 e. The lowest BCUT2D eigenvalue weighted by Gasteiger charge is -2.41. The zero-order valence-corrected chi connectivity index (χ0v) is 17.0. The van der Waals surface area contributed by atoms with Gasteiger partial charge in [0, 0.05) is 12.1 Å². The molecule has 2 aliphatic heterocycles. The molecule has 27 heavy (non-hydrogen) atoms. The Morgan fingerprint density at radius 3 is 2.56 bits per heavy atom. The summed E-state index contributed by atoms with van der Waals surface area (Å²) < 4.78 is 0. The maximum absolute atomic E-state index is 12.9. The number of hydrogen-bond acceptors (Lipinski definition) is 4. The number of imide groups is 1. The second-order valence-corrected chi connectivity index (χ2v) is 9.08. The van der Waals surface area contributed by atoms with Gasteiger partial charge < -0.3 is 10.6 Å². The molecule has 7 nitrogen and oxygen atoms in total. The molecular weight excluding hydrogens is 344 g/mol. The van der Waals surface area contributed by atoms with E-state index in [-0.39, 0.29) is 29.8 Å². The van der Waals surface area contributed by atoms with E-state index in [0.29, 0.717) is 13.0 Å². The van der Waals surface area contributed by atoms with Crippen molar-refractivity contribution in [3.8, 4) is 0 Å². The number of nitrogens with one attached hydrogen (secondary N) is 2. The van der Waals surface area contributed by atoms with E-state index in [4.69, 9.17) is 0 Å². The van der Waals surface area contributed by atoms with Crippen LogP contribution >= 0.6 is 0 Å². The average Bonchev–Trinajstić information content (AvgIpc) is 2.88. The molecular formula is C20H34N4O3. The van der Waals surface area contributed by atoms with Crippen LogP contribution in [0.3, 0.4) is 0 Å². The Bertz CT molecular complexity index is 600. The summed E-state index contributed by atoms with van der Waals surface area (Å²) in [4.78, 5) is 41.3. The molecule has 1 aliphatic carbocycles. The van der Waals surface area contributed by atoms with Crippen LogP contribution in [0.25, 0.3) is 0 Å². The van der Waals surface area contributed by atoms with Crippen molar-refractivity contribution >= 4 is 17.8 Å². The van der Waals surface area contributed by atoms with Gasteiger partial charge in [-0.3, -0.25) is 19.4 Å². The van der Waals surface area contributed by atoms with Gasteiger partial charge in [0.15, 0.2) is 0 Å². The standard InChI is InChI=1S/C20H34N4O3/c1-15-9-5-6-10-20(15)17(26)24(18(27)22-20)13-16(25)21-14-19(2,3)23-11-7-4-8-12-23/h15H,4-14H2,1-3H3,(H,21,25)(H,22,27). The minimum absolute atomic E-state index is 0.105. The molecule has 0 aromatic heterocycles. The minimum atomic E-state index is -0.803. The lowest BCUT2D eigenvalue weighted by Crippen LogP contribution is -2.55. The molecule has 2 N–H and O–H groups in total. The van der Waals surface area contributed by atoms with Crippen molar-refractivity contribution < 1.29 is 14.4 Å². The van der Waals surface area contributed by atoms with E-state index >= 15 is 0 Å². The lowest BCUT2D eigenvalue weighted by molar-refractivity contribution is -0.137. The normalized spacial score (nSPS) is 29.9. The Balaban J connectivity index is 1.56. The number of rotatable bonds is 5. The largest absolute Gasteiger partial charge is 0.353 e. The van der Waals surface area contributed by atoms with Gasteiger partial charge in [-0.2, -0.15) is 0 Å². The second kappa shape index (κ2) is 7.78. The Morgan fingerprint density at radius 2 is 1.89 bits per heavy atom. The van der Waals surface area contributed by atoms with Crippen LogP contribution < -0.4 is 10.6 Å². The summed E-state index contributed by atoms with van der Waals surface area (Å²) in [5, 5.41) is 5.83. The van der Waals surface area contributed by atoms with Crippen molar-refractivity contribution in [2.75, 3.05) is 26.2 Å². The molecule has 0 radical (unpaired) electrons. The van der Waals surface area contributed by atoms with Crippen LogP contribution in [-0.4, -0.2) is 64.9 Å². The molecule has 2 atom stereocenters. The number of hydrogen-bond donors (Lipinski definition) is 2. The van der Waals surface area contributed by atoms with Crippen molar-refractivity contribution in [2.45, 2.75) is 76.8 Å². The van der Waals surface area contributed by atoms with Crippen LogP contribution in [0.5, 0.6) is 0 Å². The first kappa shape index (κ1) is 20.1. The lowest BCUT2D eigenvalue weighted by atomic mass is 9.73. The number of carbonyl (C=O) groups excluding carboxylic acids is 3. The maximum atomic E-state index is 12.9. The van der Waals surface area contributed by atoms with Crippen molar-refractivity contribution in [3.63, 3.8) is 0 Å². The Kier molecular flexibility index (Phi) is 5.79. The highest BCUT2D eigenvalue weighted by Crippen LogP contribution is 2.38. The summed E-state index contributed by atoms with van der Waals surface area (Å²) >= 11 is 0. The fraction of sp³-hybridized carbons (Fsp3) is 0.850. The quantitative estimate of drug-likeness (QED) is 0.716. The summed E-state index contributed by atoms with van der Waals surface area (Å²) in [5.41, 5.74) is -0.935. The van der Waals surface area contributed by atoms with Crippen LogP contribution in [0.15, 0.2) is 0 Å². The van der Waals surface area contributed by atoms with E-state index < -0.39 is 11.6 Å². The number of carbonyl (C=O) groups is 3. The SMILES string of the molecule is CC1CCCCC12NC(=O)N(CC(=O)NCC(C)(C)N1CCCCC1)C2=O. The monoisotopic (exact) mass is 378 g/mol. The predicted molar refractivity (Wildman–Crippen MR) is 103 cm³/mol. The second-order valence-electron chi connectivity index (χ2n) is 9.08. The molecule has 0 aromatic rings. The van der Waals surface area contributed by atoms with Gasteiger partial charge >= 0.3 is 6.03 Å². The summed E-state index contributed by atoms with van der Waals surface area (Å²) in [7, 11) is 0. The Labute approximate surface area is 162 Å². The number of likely N-dealkylation sites (tertiary alicyclic amines) is 1. The molecule has 0 bridgehead atoms. The first-order chi connectivity index (χ1) is 12.8. The molecule has 1 spiro atoms.